The largest absolute Gasteiger partial charge is 0.334 e. The van der Waals surface area contributed by atoms with Crippen LogP contribution < -0.4 is 0 Å². The number of alkyl halides is 1. The maximum Gasteiger partial charge on any atom is 0.261 e. The van der Waals surface area contributed by atoms with Crippen molar-refractivity contribution >= 4 is 17.1 Å². The Kier molecular flexibility index (Phi) is 2.29. The Morgan fingerprint density at radius 3 is 3.06 bits per heavy atom. The van der Waals surface area contributed by atoms with Gasteiger partial charge >= 0.3 is 0 Å². The van der Waals surface area contributed by atoms with Gasteiger partial charge in [0, 0.05) is 12.4 Å². The van der Waals surface area contributed by atoms with Crippen molar-refractivity contribution in [3.8, 4) is 11.5 Å². The van der Waals surface area contributed by atoms with Gasteiger partial charge in [0.05, 0.1) is 28.9 Å². The molecule has 0 spiro atoms. The van der Waals surface area contributed by atoms with E-state index in [2.05, 4.69) is 20.2 Å². The molecule has 86 valence electrons. The molecule has 6 nitrogen and oxygen atoms in total. The SMILES string of the molecule is CC(Cl)c1noc(-c2cnn3ccncc23)n1. The van der Waals surface area contributed by atoms with Crippen LogP contribution in [0.5, 0.6) is 0 Å². The van der Waals surface area contributed by atoms with Crippen LogP contribution in [0.15, 0.2) is 29.3 Å². The summed E-state index contributed by atoms with van der Waals surface area (Å²) in [6.45, 7) is 1.79. The van der Waals surface area contributed by atoms with E-state index in [1.54, 1.807) is 36.2 Å². The van der Waals surface area contributed by atoms with Crippen LogP contribution in [0.25, 0.3) is 17.0 Å². The number of rotatable bonds is 2. The topological polar surface area (TPSA) is 69.1 Å². The Morgan fingerprint density at radius 2 is 2.29 bits per heavy atom. The highest BCUT2D eigenvalue weighted by atomic mass is 35.5. The predicted octanol–water partition coefficient (Wildman–Crippen LogP) is 2.08. The van der Waals surface area contributed by atoms with Crippen LogP contribution in [0.1, 0.15) is 18.1 Å². The zero-order valence-corrected chi connectivity index (χ0v) is 9.66. The molecular weight excluding hydrogens is 242 g/mol. The van der Waals surface area contributed by atoms with Gasteiger partial charge < -0.3 is 4.52 Å². The maximum absolute atomic E-state index is 5.88. The first-order valence-electron chi connectivity index (χ1n) is 5.01. The van der Waals surface area contributed by atoms with Gasteiger partial charge in [-0.2, -0.15) is 10.1 Å². The molecule has 0 saturated carbocycles. The van der Waals surface area contributed by atoms with Crippen LogP contribution in [0.4, 0.5) is 0 Å². The lowest BCUT2D eigenvalue weighted by molar-refractivity contribution is 0.423. The molecule has 0 aromatic carbocycles. The average Bonchev–Trinajstić information content (AvgIpc) is 2.95. The quantitative estimate of drug-likeness (QED) is 0.651. The van der Waals surface area contributed by atoms with E-state index in [0.29, 0.717) is 11.7 Å². The molecule has 0 aliphatic heterocycles. The monoisotopic (exact) mass is 249 g/mol. The first kappa shape index (κ1) is 10.2. The molecular formula is C10H8ClN5O. The van der Waals surface area contributed by atoms with Crippen molar-refractivity contribution in [2.45, 2.75) is 12.3 Å². The van der Waals surface area contributed by atoms with Gasteiger partial charge in [-0.25, -0.2) is 4.52 Å². The number of halogens is 1. The Bertz CT molecular complexity index is 659. The van der Waals surface area contributed by atoms with E-state index in [1.807, 2.05) is 0 Å². The van der Waals surface area contributed by atoms with Crippen molar-refractivity contribution < 1.29 is 4.52 Å². The number of aromatic nitrogens is 5. The summed E-state index contributed by atoms with van der Waals surface area (Å²) in [6, 6.07) is 0. The number of nitrogens with zero attached hydrogens (tertiary/aromatic N) is 5. The second-order valence-electron chi connectivity index (χ2n) is 3.54. The predicted molar refractivity (Wildman–Crippen MR) is 60.5 cm³/mol. The fourth-order valence-corrected chi connectivity index (χ4v) is 1.59. The number of hydrogen-bond acceptors (Lipinski definition) is 5. The van der Waals surface area contributed by atoms with Crippen molar-refractivity contribution in [3.05, 3.63) is 30.6 Å². The molecule has 0 bridgehead atoms. The molecule has 1 atom stereocenters. The van der Waals surface area contributed by atoms with Crippen LogP contribution in [0.3, 0.4) is 0 Å². The molecule has 1 unspecified atom stereocenters. The molecule has 3 rings (SSSR count). The van der Waals surface area contributed by atoms with E-state index in [4.69, 9.17) is 16.1 Å². The van der Waals surface area contributed by atoms with E-state index in [1.165, 1.54) is 0 Å². The molecule has 7 heteroatoms. The van der Waals surface area contributed by atoms with Gasteiger partial charge in [0.25, 0.3) is 5.89 Å². The molecule has 3 aromatic rings. The highest BCUT2D eigenvalue weighted by Crippen LogP contribution is 2.24. The summed E-state index contributed by atoms with van der Waals surface area (Å²) < 4.78 is 6.84. The lowest BCUT2D eigenvalue weighted by Gasteiger charge is -1.92. The van der Waals surface area contributed by atoms with Gasteiger partial charge in [0.15, 0.2) is 5.82 Å². The second kappa shape index (κ2) is 3.81. The zero-order valence-electron chi connectivity index (χ0n) is 8.91. The molecule has 0 aliphatic carbocycles. The molecule has 0 N–H and O–H groups in total. The molecule has 0 fully saturated rings. The minimum absolute atomic E-state index is 0.285. The van der Waals surface area contributed by atoms with Crippen molar-refractivity contribution in [1.29, 1.82) is 0 Å². The summed E-state index contributed by atoms with van der Waals surface area (Å²) in [5, 5.41) is 7.68. The maximum atomic E-state index is 5.88. The fraction of sp³-hybridized carbons (Fsp3) is 0.200. The van der Waals surface area contributed by atoms with Crippen LogP contribution in [-0.4, -0.2) is 24.7 Å². The minimum Gasteiger partial charge on any atom is -0.334 e. The van der Waals surface area contributed by atoms with Gasteiger partial charge in [-0.1, -0.05) is 5.16 Å². The average molecular weight is 250 g/mol. The van der Waals surface area contributed by atoms with E-state index in [0.717, 1.165) is 11.1 Å². The van der Waals surface area contributed by atoms with Crippen LogP contribution in [-0.2, 0) is 0 Å². The van der Waals surface area contributed by atoms with Crippen LogP contribution >= 0.6 is 11.6 Å². The summed E-state index contributed by atoms with van der Waals surface area (Å²) in [4.78, 5) is 8.25. The van der Waals surface area contributed by atoms with Crippen LogP contribution in [0.2, 0.25) is 0 Å². The van der Waals surface area contributed by atoms with Gasteiger partial charge in [0.1, 0.15) is 0 Å². The van der Waals surface area contributed by atoms with Crippen molar-refractivity contribution in [2.75, 3.05) is 0 Å². The summed E-state index contributed by atoms with van der Waals surface area (Å²) in [7, 11) is 0. The molecule has 0 saturated heterocycles. The minimum atomic E-state index is -0.285. The molecule has 0 aliphatic rings. The molecule has 17 heavy (non-hydrogen) atoms. The first-order chi connectivity index (χ1) is 8.25. The third-order valence-electron chi connectivity index (χ3n) is 2.35. The summed E-state index contributed by atoms with van der Waals surface area (Å²) in [6.07, 6.45) is 6.76. The van der Waals surface area contributed by atoms with Crippen LogP contribution in [0, 0.1) is 0 Å². The summed E-state index contributed by atoms with van der Waals surface area (Å²) >= 11 is 5.88. The highest BCUT2D eigenvalue weighted by Gasteiger charge is 2.16. The summed E-state index contributed by atoms with van der Waals surface area (Å²) in [5.41, 5.74) is 1.55. The van der Waals surface area contributed by atoms with Gasteiger partial charge in [-0.05, 0) is 6.92 Å². The smallest absolute Gasteiger partial charge is 0.261 e. The Labute approximate surface area is 101 Å². The van der Waals surface area contributed by atoms with E-state index < -0.39 is 0 Å². The van der Waals surface area contributed by atoms with Crippen molar-refractivity contribution in [2.24, 2.45) is 0 Å². The van der Waals surface area contributed by atoms with Gasteiger partial charge in [-0.3, -0.25) is 4.98 Å². The van der Waals surface area contributed by atoms with Gasteiger partial charge in [0.2, 0.25) is 0 Å². The lowest BCUT2D eigenvalue weighted by Crippen LogP contribution is -1.87. The standard InChI is InChI=1S/C10H8ClN5O/c1-6(11)9-14-10(17-15-9)7-4-13-16-3-2-12-5-8(7)16/h2-6H,1H3. The fourth-order valence-electron chi connectivity index (χ4n) is 1.51. The molecule has 3 aromatic heterocycles. The van der Waals surface area contributed by atoms with E-state index in [-0.39, 0.29) is 5.38 Å². The van der Waals surface area contributed by atoms with Gasteiger partial charge in [-0.15, -0.1) is 11.6 Å². The molecule has 3 heterocycles. The summed E-state index contributed by atoms with van der Waals surface area (Å²) in [5.74, 6) is 0.861. The zero-order chi connectivity index (χ0) is 11.8. The Balaban J connectivity index is 2.14. The number of fused-ring (bicyclic) bond motifs is 1. The Hall–Kier alpha value is -1.95. The normalized spacial score (nSPS) is 13.1. The number of hydrogen-bond donors (Lipinski definition) is 0. The van der Waals surface area contributed by atoms with Crippen molar-refractivity contribution in [3.63, 3.8) is 0 Å². The van der Waals surface area contributed by atoms with E-state index >= 15 is 0 Å². The third kappa shape index (κ3) is 1.66. The second-order valence-corrected chi connectivity index (χ2v) is 4.19. The first-order valence-corrected chi connectivity index (χ1v) is 5.45. The Morgan fingerprint density at radius 1 is 1.41 bits per heavy atom. The molecule has 0 radical (unpaired) electrons. The third-order valence-corrected chi connectivity index (χ3v) is 2.55. The lowest BCUT2D eigenvalue weighted by atomic mass is 10.3. The highest BCUT2D eigenvalue weighted by molar-refractivity contribution is 6.20. The van der Waals surface area contributed by atoms with E-state index in [9.17, 15) is 0 Å². The van der Waals surface area contributed by atoms with Crippen molar-refractivity contribution in [1.82, 2.24) is 24.7 Å². The molecule has 0 amide bonds.